The summed E-state index contributed by atoms with van der Waals surface area (Å²) in [7, 11) is 2.14. The number of hydrogen-bond donors (Lipinski definition) is 0. The molecule has 0 aromatic heterocycles. The fourth-order valence-corrected chi connectivity index (χ4v) is 4.30. The van der Waals surface area contributed by atoms with Crippen molar-refractivity contribution in [3.63, 3.8) is 0 Å². The number of rotatable bonds is 5. The van der Waals surface area contributed by atoms with Crippen molar-refractivity contribution in [2.75, 3.05) is 20.2 Å². The van der Waals surface area contributed by atoms with E-state index < -0.39 is 5.41 Å². The molecule has 0 radical (unpaired) electrons. The molecular formula is C20H28FNO2. The molecule has 1 unspecified atom stereocenters. The van der Waals surface area contributed by atoms with Crippen molar-refractivity contribution < 1.29 is 13.9 Å². The minimum atomic E-state index is -0.576. The second kappa shape index (κ2) is 7.64. The number of carbonyl (C=O) groups is 1. The van der Waals surface area contributed by atoms with Crippen LogP contribution in [0.1, 0.15) is 56.9 Å². The largest absolute Gasteiger partial charge is 0.465 e. The number of nitrogens with zero attached hydrogens (tertiary/aromatic N) is 1. The SMILES string of the molecule is CN1CCCC1CCOC(=O)C1(c2ccc(F)cc2)CCCCC1. The molecule has 3 nitrogen and oxygen atoms in total. The van der Waals surface area contributed by atoms with Gasteiger partial charge in [-0.3, -0.25) is 4.79 Å². The third-order valence-electron chi connectivity index (χ3n) is 5.85. The third kappa shape index (κ3) is 3.64. The first kappa shape index (κ1) is 17.4. The molecular weight excluding hydrogens is 305 g/mol. The lowest BCUT2D eigenvalue weighted by atomic mass is 9.69. The summed E-state index contributed by atoms with van der Waals surface area (Å²) in [6.07, 6.45) is 8.15. The molecule has 0 amide bonds. The molecule has 1 aliphatic carbocycles. The molecule has 1 saturated carbocycles. The average Bonchev–Trinajstić information content (AvgIpc) is 3.01. The Balaban J connectivity index is 1.66. The average molecular weight is 333 g/mol. The lowest BCUT2D eigenvalue weighted by molar-refractivity contribution is -0.152. The summed E-state index contributed by atoms with van der Waals surface area (Å²) < 4.78 is 19.0. The van der Waals surface area contributed by atoms with Gasteiger partial charge in [0.15, 0.2) is 0 Å². The number of ether oxygens (including phenoxy) is 1. The highest BCUT2D eigenvalue weighted by molar-refractivity contribution is 5.83. The molecule has 4 heteroatoms. The molecule has 1 aromatic carbocycles. The third-order valence-corrected chi connectivity index (χ3v) is 5.85. The molecule has 1 aromatic rings. The molecule has 0 N–H and O–H groups in total. The molecule has 2 aliphatic rings. The molecule has 2 fully saturated rings. The monoisotopic (exact) mass is 333 g/mol. The van der Waals surface area contributed by atoms with E-state index in [2.05, 4.69) is 11.9 Å². The van der Waals surface area contributed by atoms with Crippen LogP contribution in [0.15, 0.2) is 24.3 Å². The highest BCUT2D eigenvalue weighted by atomic mass is 19.1. The Morgan fingerprint density at radius 3 is 2.54 bits per heavy atom. The molecule has 132 valence electrons. The molecule has 24 heavy (non-hydrogen) atoms. The number of likely N-dealkylation sites (tertiary alicyclic amines) is 1. The van der Waals surface area contributed by atoms with Gasteiger partial charge >= 0.3 is 5.97 Å². The normalized spacial score (nSPS) is 24.0. The lowest BCUT2D eigenvalue weighted by Crippen LogP contribution is -2.40. The maximum atomic E-state index is 13.3. The molecule has 3 rings (SSSR count). The highest BCUT2D eigenvalue weighted by Gasteiger charge is 2.42. The first-order chi connectivity index (χ1) is 11.6. The number of benzene rings is 1. The molecule has 0 bridgehead atoms. The topological polar surface area (TPSA) is 29.5 Å². The Hall–Kier alpha value is -1.42. The van der Waals surface area contributed by atoms with Gasteiger partial charge in [0.1, 0.15) is 5.82 Å². The predicted octanol–water partition coefficient (Wildman–Crippen LogP) is 4.06. The maximum absolute atomic E-state index is 13.3. The van der Waals surface area contributed by atoms with E-state index in [1.54, 1.807) is 12.1 Å². The Morgan fingerprint density at radius 1 is 1.21 bits per heavy atom. The second-order valence-corrected chi connectivity index (χ2v) is 7.35. The van der Waals surface area contributed by atoms with Crippen LogP contribution >= 0.6 is 0 Å². The van der Waals surface area contributed by atoms with Gasteiger partial charge in [0.05, 0.1) is 12.0 Å². The van der Waals surface area contributed by atoms with Gasteiger partial charge in [-0.05, 0) is 63.4 Å². The van der Waals surface area contributed by atoms with Crippen molar-refractivity contribution in [3.05, 3.63) is 35.6 Å². The van der Waals surface area contributed by atoms with Gasteiger partial charge in [-0.1, -0.05) is 31.4 Å². The Labute approximate surface area is 144 Å². The lowest BCUT2D eigenvalue weighted by Gasteiger charge is -2.35. The molecule has 1 aliphatic heterocycles. The second-order valence-electron chi connectivity index (χ2n) is 7.35. The van der Waals surface area contributed by atoms with Crippen LogP contribution < -0.4 is 0 Å². The van der Waals surface area contributed by atoms with Crippen molar-refractivity contribution >= 4 is 5.97 Å². The summed E-state index contributed by atoms with van der Waals surface area (Å²) in [4.78, 5) is 15.3. The summed E-state index contributed by atoms with van der Waals surface area (Å²) in [5, 5.41) is 0. The van der Waals surface area contributed by atoms with Crippen LogP contribution in [0.4, 0.5) is 4.39 Å². The zero-order valence-electron chi connectivity index (χ0n) is 14.6. The first-order valence-corrected chi connectivity index (χ1v) is 9.25. The van der Waals surface area contributed by atoms with Crippen LogP contribution in [0.2, 0.25) is 0 Å². The van der Waals surface area contributed by atoms with E-state index in [9.17, 15) is 9.18 Å². The zero-order valence-corrected chi connectivity index (χ0v) is 14.6. The summed E-state index contributed by atoms with van der Waals surface area (Å²) in [5.41, 5.74) is 0.333. The summed E-state index contributed by atoms with van der Waals surface area (Å²) in [6.45, 7) is 1.62. The van der Waals surface area contributed by atoms with Gasteiger partial charge in [-0.25, -0.2) is 4.39 Å². The van der Waals surface area contributed by atoms with Gasteiger partial charge < -0.3 is 9.64 Å². The smallest absolute Gasteiger partial charge is 0.316 e. The maximum Gasteiger partial charge on any atom is 0.316 e. The fraction of sp³-hybridized carbons (Fsp3) is 0.650. The van der Waals surface area contributed by atoms with Gasteiger partial charge in [0, 0.05) is 6.04 Å². The van der Waals surface area contributed by atoms with Crippen molar-refractivity contribution in [2.24, 2.45) is 0 Å². The minimum absolute atomic E-state index is 0.116. The van der Waals surface area contributed by atoms with Crippen LogP contribution in [0, 0.1) is 5.82 Å². The molecule has 0 spiro atoms. The Kier molecular flexibility index (Phi) is 5.54. The fourth-order valence-electron chi connectivity index (χ4n) is 4.30. The Morgan fingerprint density at radius 2 is 1.92 bits per heavy atom. The minimum Gasteiger partial charge on any atom is -0.465 e. The van der Waals surface area contributed by atoms with Gasteiger partial charge in [0.25, 0.3) is 0 Å². The molecule has 1 saturated heterocycles. The standard InChI is InChI=1S/C20H28FNO2/c1-22-14-5-6-18(22)11-15-24-19(23)20(12-3-2-4-13-20)16-7-9-17(21)10-8-16/h7-10,18H,2-6,11-15H2,1H3. The van der Waals surface area contributed by atoms with Crippen LogP contribution in [0.3, 0.4) is 0 Å². The van der Waals surface area contributed by atoms with E-state index in [0.717, 1.165) is 50.6 Å². The van der Waals surface area contributed by atoms with Crippen LogP contribution in [0.5, 0.6) is 0 Å². The van der Waals surface area contributed by atoms with Gasteiger partial charge in [-0.15, -0.1) is 0 Å². The Bertz CT molecular complexity index is 551. The van der Waals surface area contributed by atoms with E-state index in [1.165, 1.54) is 25.0 Å². The van der Waals surface area contributed by atoms with Crippen LogP contribution in [-0.4, -0.2) is 37.1 Å². The van der Waals surface area contributed by atoms with E-state index in [0.29, 0.717) is 12.6 Å². The van der Waals surface area contributed by atoms with Crippen molar-refractivity contribution in [1.29, 1.82) is 0 Å². The van der Waals surface area contributed by atoms with Crippen LogP contribution in [0.25, 0.3) is 0 Å². The van der Waals surface area contributed by atoms with Gasteiger partial charge in [0.2, 0.25) is 0 Å². The quantitative estimate of drug-likeness (QED) is 0.761. The number of halogens is 1. The van der Waals surface area contributed by atoms with Crippen molar-refractivity contribution in [2.45, 2.75) is 62.8 Å². The van der Waals surface area contributed by atoms with Crippen LogP contribution in [-0.2, 0) is 14.9 Å². The van der Waals surface area contributed by atoms with E-state index in [1.807, 2.05) is 0 Å². The first-order valence-electron chi connectivity index (χ1n) is 9.25. The predicted molar refractivity (Wildman–Crippen MR) is 92.4 cm³/mol. The summed E-state index contributed by atoms with van der Waals surface area (Å²) >= 11 is 0. The molecule has 1 atom stereocenters. The molecule has 1 heterocycles. The number of esters is 1. The van der Waals surface area contributed by atoms with Crippen molar-refractivity contribution in [3.8, 4) is 0 Å². The highest BCUT2D eigenvalue weighted by Crippen LogP contribution is 2.40. The van der Waals surface area contributed by atoms with Crippen molar-refractivity contribution in [1.82, 2.24) is 4.90 Å². The number of carbonyl (C=O) groups excluding carboxylic acids is 1. The van der Waals surface area contributed by atoms with E-state index in [4.69, 9.17) is 4.74 Å². The zero-order chi connectivity index (χ0) is 17.0. The number of hydrogen-bond acceptors (Lipinski definition) is 3. The van der Waals surface area contributed by atoms with E-state index in [-0.39, 0.29) is 11.8 Å². The van der Waals surface area contributed by atoms with Gasteiger partial charge in [-0.2, -0.15) is 0 Å². The van der Waals surface area contributed by atoms with E-state index >= 15 is 0 Å². The summed E-state index contributed by atoms with van der Waals surface area (Å²) in [6, 6.07) is 6.95. The summed E-state index contributed by atoms with van der Waals surface area (Å²) in [5.74, 6) is -0.378.